The van der Waals surface area contributed by atoms with Crippen LogP contribution < -0.4 is 5.73 Å². The number of hydrogen-bond acceptors (Lipinski definition) is 2. The summed E-state index contributed by atoms with van der Waals surface area (Å²) in [6.07, 6.45) is 0. The van der Waals surface area contributed by atoms with Crippen molar-refractivity contribution >= 4 is 11.8 Å². The fourth-order valence-corrected chi connectivity index (χ4v) is 2.74. The fraction of sp³-hybridized carbons (Fsp3) is 0.250. The average molecular weight is 275 g/mol. The lowest BCUT2D eigenvalue weighted by molar-refractivity contribution is 0.596. The molecular formula is C16H18FNS. The van der Waals surface area contributed by atoms with E-state index in [1.807, 2.05) is 25.1 Å². The predicted octanol–water partition coefficient (Wildman–Crippen LogP) is 4.45. The van der Waals surface area contributed by atoms with Crippen LogP contribution in [0.25, 0.3) is 0 Å². The molecule has 0 aromatic heterocycles. The molecule has 19 heavy (non-hydrogen) atoms. The van der Waals surface area contributed by atoms with Crippen LogP contribution in [0.4, 0.5) is 4.39 Å². The van der Waals surface area contributed by atoms with Gasteiger partial charge in [-0.25, -0.2) is 4.39 Å². The monoisotopic (exact) mass is 275 g/mol. The molecule has 0 aliphatic rings. The molecule has 0 amide bonds. The van der Waals surface area contributed by atoms with E-state index in [1.54, 1.807) is 0 Å². The second-order valence-electron chi connectivity index (χ2n) is 4.76. The van der Waals surface area contributed by atoms with Gasteiger partial charge in [-0.15, -0.1) is 11.8 Å². The first-order valence-electron chi connectivity index (χ1n) is 6.29. The molecule has 0 aliphatic heterocycles. The van der Waals surface area contributed by atoms with Crippen LogP contribution in [-0.2, 0) is 5.75 Å². The summed E-state index contributed by atoms with van der Waals surface area (Å²) in [5.41, 5.74) is 9.01. The van der Waals surface area contributed by atoms with Crippen molar-refractivity contribution in [3.8, 4) is 0 Å². The summed E-state index contributed by atoms with van der Waals surface area (Å²) in [5.74, 6) is 0.586. The van der Waals surface area contributed by atoms with Crippen LogP contribution in [-0.4, -0.2) is 0 Å². The van der Waals surface area contributed by atoms with Crippen molar-refractivity contribution in [2.75, 3.05) is 0 Å². The van der Waals surface area contributed by atoms with Crippen LogP contribution >= 0.6 is 11.8 Å². The molecule has 1 atom stereocenters. The smallest absolute Gasteiger partial charge is 0.137 e. The topological polar surface area (TPSA) is 26.0 Å². The normalized spacial score (nSPS) is 12.4. The van der Waals surface area contributed by atoms with E-state index < -0.39 is 0 Å². The molecule has 100 valence electrons. The molecule has 2 aromatic rings. The van der Waals surface area contributed by atoms with Gasteiger partial charge in [-0.05, 0) is 37.1 Å². The van der Waals surface area contributed by atoms with Gasteiger partial charge in [-0.3, -0.25) is 0 Å². The molecular weight excluding hydrogens is 257 g/mol. The van der Waals surface area contributed by atoms with Gasteiger partial charge in [0.25, 0.3) is 0 Å². The molecule has 2 rings (SSSR count). The van der Waals surface area contributed by atoms with Gasteiger partial charge in [0, 0.05) is 16.7 Å². The van der Waals surface area contributed by atoms with Crippen LogP contribution in [0.2, 0.25) is 0 Å². The Hall–Kier alpha value is -1.32. The molecule has 1 nitrogen and oxygen atoms in total. The van der Waals surface area contributed by atoms with Crippen LogP contribution in [0.3, 0.4) is 0 Å². The number of aryl methyl sites for hydroxylation is 1. The van der Waals surface area contributed by atoms with E-state index in [2.05, 4.69) is 25.1 Å². The first-order valence-corrected chi connectivity index (χ1v) is 7.28. The molecule has 0 spiro atoms. The highest BCUT2D eigenvalue weighted by molar-refractivity contribution is 7.98. The number of nitrogens with two attached hydrogens (primary N) is 1. The van der Waals surface area contributed by atoms with Crippen molar-refractivity contribution in [1.82, 2.24) is 0 Å². The third-order valence-corrected chi connectivity index (χ3v) is 4.08. The van der Waals surface area contributed by atoms with E-state index >= 15 is 0 Å². The van der Waals surface area contributed by atoms with Gasteiger partial charge in [0.15, 0.2) is 0 Å². The third kappa shape index (κ3) is 3.82. The van der Waals surface area contributed by atoms with Crippen LogP contribution in [0.5, 0.6) is 0 Å². The quantitative estimate of drug-likeness (QED) is 0.834. The molecule has 0 fully saturated rings. The maximum absolute atomic E-state index is 13.9. The molecule has 2 N–H and O–H groups in total. The summed E-state index contributed by atoms with van der Waals surface area (Å²) in [6.45, 7) is 3.92. The lowest BCUT2D eigenvalue weighted by Crippen LogP contribution is -2.05. The average Bonchev–Trinajstić information content (AvgIpc) is 2.37. The Morgan fingerprint density at radius 2 is 2.00 bits per heavy atom. The van der Waals surface area contributed by atoms with Crippen molar-refractivity contribution in [3.05, 3.63) is 65.0 Å². The van der Waals surface area contributed by atoms with E-state index in [0.717, 1.165) is 11.3 Å². The lowest BCUT2D eigenvalue weighted by Gasteiger charge is -2.09. The Morgan fingerprint density at radius 3 is 2.63 bits per heavy atom. The second kappa shape index (κ2) is 6.22. The first-order chi connectivity index (χ1) is 9.06. The standard InChI is InChI=1S/C16H18FNS/c1-11-4-3-5-13(8-11)10-19-16-7-6-14(12(2)18)9-15(16)17/h3-9,12H,10,18H2,1-2H3/t12-/m1/s1. The number of thioether (sulfide) groups is 1. The van der Waals surface area contributed by atoms with Gasteiger partial charge in [-0.1, -0.05) is 35.9 Å². The van der Waals surface area contributed by atoms with Gasteiger partial charge in [0.05, 0.1) is 0 Å². The summed E-state index contributed by atoms with van der Waals surface area (Å²) < 4.78 is 13.9. The molecule has 0 bridgehead atoms. The highest BCUT2D eigenvalue weighted by Gasteiger charge is 2.07. The van der Waals surface area contributed by atoms with E-state index in [0.29, 0.717) is 4.90 Å². The van der Waals surface area contributed by atoms with Crippen molar-refractivity contribution in [3.63, 3.8) is 0 Å². The Bertz CT molecular complexity index is 566. The van der Waals surface area contributed by atoms with Crippen LogP contribution in [0.1, 0.15) is 29.7 Å². The van der Waals surface area contributed by atoms with E-state index in [-0.39, 0.29) is 11.9 Å². The summed E-state index contributed by atoms with van der Waals surface area (Å²) in [5, 5.41) is 0. The number of rotatable bonds is 4. The Labute approximate surface area is 118 Å². The summed E-state index contributed by atoms with van der Waals surface area (Å²) in [7, 11) is 0. The van der Waals surface area contributed by atoms with Gasteiger partial charge >= 0.3 is 0 Å². The zero-order valence-corrected chi connectivity index (χ0v) is 12.0. The van der Waals surface area contributed by atoms with Gasteiger partial charge in [-0.2, -0.15) is 0 Å². The van der Waals surface area contributed by atoms with Crippen molar-refractivity contribution < 1.29 is 4.39 Å². The zero-order chi connectivity index (χ0) is 13.8. The van der Waals surface area contributed by atoms with Crippen LogP contribution in [0.15, 0.2) is 47.4 Å². The summed E-state index contributed by atoms with van der Waals surface area (Å²) in [6, 6.07) is 13.4. The summed E-state index contributed by atoms with van der Waals surface area (Å²) in [4.78, 5) is 0.672. The third-order valence-electron chi connectivity index (χ3n) is 2.96. The number of halogens is 1. The van der Waals surface area contributed by atoms with Gasteiger partial charge in [0.2, 0.25) is 0 Å². The molecule has 0 aliphatic carbocycles. The van der Waals surface area contributed by atoms with E-state index in [9.17, 15) is 4.39 Å². The Kier molecular flexibility index (Phi) is 4.61. The molecule has 0 radical (unpaired) electrons. The molecule has 3 heteroatoms. The maximum Gasteiger partial charge on any atom is 0.137 e. The zero-order valence-electron chi connectivity index (χ0n) is 11.2. The van der Waals surface area contributed by atoms with Crippen molar-refractivity contribution in [1.29, 1.82) is 0 Å². The molecule has 0 unspecified atom stereocenters. The van der Waals surface area contributed by atoms with E-state index in [1.165, 1.54) is 29.0 Å². The lowest BCUT2D eigenvalue weighted by atomic mass is 10.1. The molecule has 0 heterocycles. The highest BCUT2D eigenvalue weighted by atomic mass is 32.2. The second-order valence-corrected chi connectivity index (χ2v) is 5.77. The predicted molar refractivity (Wildman–Crippen MR) is 79.7 cm³/mol. The van der Waals surface area contributed by atoms with Crippen molar-refractivity contribution in [2.24, 2.45) is 5.73 Å². The summed E-state index contributed by atoms with van der Waals surface area (Å²) >= 11 is 1.51. The minimum absolute atomic E-state index is 0.134. The molecule has 0 saturated carbocycles. The van der Waals surface area contributed by atoms with E-state index in [4.69, 9.17) is 5.73 Å². The maximum atomic E-state index is 13.9. The Balaban J connectivity index is 2.07. The SMILES string of the molecule is Cc1cccc(CSc2ccc([C@@H](C)N)cc2F)c1. The molecule has 2 aromatic carbocycles. The first kappa shape index (κ1) is 14.1. The Morgan fingerprint density at radius 1 is 1.21 bits per heavy atom. The number of hydrogen-bond donors (Lipinski definition) is 1. The van der Waals surface area contributed by atoms with Gasteiger partial charge < -0.3 is 5.73 Å². The largest absolute Gasteiger partial charge is 0.324 e. The van der Waals surface area contributed by atoms with Crippen LogP contribution in [0, 0.1) is 12.7 Å². The fourth-order valence-electron chi connectivity index (χ4n) is 1.88. The molecule has 0 saturated heterocycles. The van der Waals surface area contributed by atoms with Gasteiger partial charge in [0.1, 0.15) is 5.82 Å². The minimum atomic E-state index is -0.188. The van der Waals surface area contributed by atoms with Crippen molar-refractivity contribution in [2.45, 2.75) is 30.5 Å². The number of benzene rings is 2. The highest BCUT2D eigenvalue weighted by Crippen LogP contribution is 2.27. The minimum Gasteiger partial charge on any atom is -0.324 e.